The van der Waals surface area contributed by atoms with E-state index >= 15 is 0 Å². The molecule has 0 saturated carbocycles. The molecule has 5 heteroatoms. The summed E-state index contributed by atoms with van der Waals surface area (Å²) in [5.41, 5.74) is 6.55. The second-order valence-corrected chi connectivity index (χ2v) is 4.03. The summed E-state index contributed by atoms with van der Waals surface area (Å²) in [5.74, 6) is -0.141. The van der Waals surface area contributed by atoms with Gasteiger partial charge in [0.25, 0.3) is 5.91 Å². The topological polar surface area (TPSA) is 72.9 Å². The zero-order valence-corrected chi connectivity index (χ0v) is 9.31. The van der Waals surface area contributed by atoms with E-state index in [0.717, 1.165) is 19.3 Å². The molecule has 1 amide bonds. The summed E-state index contributed by atoms with van der Waals surface area (Å²) in [6, 6.07) is 0.215. The highest BCUT2D eigenvalue weighted by Crippen LogP contribution is 2.13. The van der Waals surface area contributed by atoms with Gasteiger partial charge >= 0.3 is 0 Å². The van der Waals surface area contributed by atoms with Gasteiger partial charge in [-0.3, -0.25) is 9.48 Å². The van der Waals surface area contributed by atoms with Gasteiger partial charge in [0, 0.05) is 13.1 Å². The van der Waals surface area contributed by atoms with Crippen LogP contribution in [-0.4, -0.2) is 21.7 Å². The minimum atomic E-state index is -0.141. The third-order valence-corrected chi connectivity index (χ3v) is 2.79. The number of hydrogen-bond acceptors (Lipinski definition) is 3. The maximum Gasteiger partial charge on any atom is 0.271 e. The first-order chi connectivity index (χ1) is 7.68. The average molecular weight is 220 g/mol. The maximum atomic E-state index is 11.9. The van der Waals surface area contributed by atoms with Crippen molar-refractivity contribution in [3.63, 3.8) is 0 Å². The van der Waals surface area contributed by atoms with E-state index in [1.165, 1.54) is 10.9 Å². The zero-order valence-electron chi connectivity index (χ0n) is 9.31. The van der Waals surface area contributed by atoms with E-state index in [9.17, 15) is 4.79 Å². The second kappa shape index (κ2) is 4.38. The van der Waals surface area contributed by atoms with Crippen molar-refractivity contribution in [1.82, 2.24) is 15.1 Å². The van der Waals surface area contributed by atoms with Crippen molar-refractivity contribution < 1.29 is 4.79 Å². The molecule has 2 rings (SSSR count). The van der Waals surface area contributed by atoms with E-state index in [-0.39, 0.29) is 11.9 Å². The number of nitrogens with one attached hydrogen (secondary N) is 1. The molecule has 1 unspecified atom stereocenters. The molecule has 16 heavy (non-hydrogen) atoms. The minimum Gasteiger partial charge on any atom is -0.396 e. The largest absolute Gasteiger partial charge is 0.396 e. The molecular formula is C11H16N4O. The molecule has 1 aromatic rings. The first-order valence-electron chi connectivity index (χ1n) is 5.42. The van der Waals surface area contributed by atoms with Crippen LogP contribution in [0.4, 0.5) is 5.69 Å². The Labute approximate surface area is 94.3 Å². The Kier molecular flexibility index (Phi) is 2.94. The molecule has 0 aromatic carbocycles. The molecule has 1 heterocycles. The number of carbonyl (C=O) groups is 1. The molecule has 0 spiro atoms. The number of hydrogen-bond donors (Lipinski definition) is 2. The lowest BCUT2D eigenvalue weighted by Crippen LogP contribution is -2.36. The fourth-order valence-electron chi connectivity index (χ4n) is 1.91. The van der Waals surface area contributed by atoms with Crippen LogP contribution in [0.25, 0.3) is 0 Å². The van der Waals surface area contributed by atoms with Gasteiger partial charge in [-0.2, -0.15) is 5.10 Å². The Bertz CT molecular complexity index is 402. The normalized spacial score (nSPS) is 19.7. The lowest BCUT2D eigenvalue weighted by Gasteiger charge is -2.19. The van der Waals surface area contributed by atoms with Crippen LogP contribution in [-0.2, 0) is 7.05 Å². The molecule has 3 N–H and O–H groups in total. The lowest BCUT2D eigenvalue weighted by molar-refractivity contribution is 0.0926. The van der Waals surface area contributed by atoms with Crippen LogP contribution < -0.4 is 11.1 Å². The van der Waals surface area contributed by atoms with Crippen molar-refractivity contribution >= 4 is 11.6 Å². The number of carbonyl (C=O) groups excluding carboxylic acids is 1. The Morgan fingerprint density at radius 1 is 1.62 bits per heavy atom. The Morgan fingerprint density at radius 2 is 2.44 bits per heavy atom. The van der Waals surface area contributed by atoms with Crippen LogP contribution in [0.5, 0.6) is 0 Å². The van der Waals surface area contributed by atoms with Gasteiger partial charge in [-0.25, -0.2) is 0 Å². The number of amides is 1. The molecule has 0 bridgehead atoms. The number of nitrogens with two attached hydrogens (primary N) is 1. The fourth-order valence-corrected chi connectivity index (χ4v) is 1.91. The smallest absolute Gasteiger partial charge is 0.271 e. The van der Waals surface area contributed by atoms with Crippen LogP contribution in [0, 0.1) is 0 Å². The molecule has 1 aliphatic carbocycles. The van der Waals surface area contributed by atoms with Crippen molar-refractivity contribution in [3.8, 4) is 0 Å². The standard InChI is InChI=1S/C11H16N4O/c1-15-10(9(12)7-13-15)11(16)14-8-5-3-2-4-6-8/h2-3,7-8H,4-6,12H2,1H3,(H,14,16). The zero-order chi connectivity index (χ0) is 11.5. The fraction of sp³-hybridized carbons (Fsp3) is 0.455. The molecular weight excluding hydrogens is 204 g/mol. The highest BCUT2D eigenvalue weighted by atomic mass is 16.2. The van der Waals surface area contributed by atoms with Gasteiger partial charge in [0.2, 0.25) is 0 Å². The third kappa shape index (κ3) is 2.08. The number of nitrogens with zero attached hydrogens (tertiary/aromatic N) is 2. The number of nitrogen functional groups attached to an aromatic ring is 1. The van der Waals surface area contributed by atoms with Crippen LogP contribution in [0.3, 0.4) is 0 Å². The van der Waals surface area contributed by atoms with Crippen LogP contribution in [0.15, 0.2) is 18.3 Å². The Hall–Kier alpha value is -1.78. The van der Waals surface area contributed by atoms with Crippen molar-refractivity contribution in [3.05, 3.63) is 24.0 Å². The number of allylic oxidation sites excluding steroid dienone is 1. The van der Waals surface area contributed by atoms with Gasteiger partial charge in [-0.1, -0.05) is 12.2 Å². The summed E-state index contributed by atoms with van der Waals surface area (Å²) in [4.78, 5) is 11.9. The van der Waals surface area contributed by atoms with Crippen LogP contribution in [0.2, 0.25) is 0 Å². The Balaban J connectivity index is 2.05. The highest BCUT2D eigenvalue weighted by Gasteiger charge is 2.18. The quantitative estimate of drug-likeness (QED) is 0.725. The van der Waals surface area contributed by atoms with Gasteiger partial charge in [0.1, 0.15) is 5.69 Å². The van der Waals surface area contributed by atoms with E-state index in [1.54, 1.807) is 7.05 Å². The third-order valence-electron chi connectivity index (χ3n) is 2.79. The summed E-state index contributed by atoms with van der Waals surface area (Å²) in [7, 11) is 1.71. The minimum absolute atomic E-state index is 0.141. The van der Waals surface area contributed by atoms with Crippen LogP contribution >= 0.6 is 0 Å². The van der Waals surface area contributed by atoms with E-state index in [0.29, 0.717) is 11.4 Å². The van der Waals surface area contributed by atoms with Gasteiger partial charge in [0.15, 0.2) is 0 Å². The molecule has 1 aliphatic rings. The number of rotatable bonds is 2. The molecule has 0 radical (unpaired) electrons. The predicted octanol–water partition coefficient (Wildman–Crippen LogP) is 0.841. The van der Waals surface area contributed by atoms with Crippen molar-refractivity contribution in [2.24, 2.45) is 7.05 Å². The molecule has 1 aromatic heterocycles. The Morgan fingerprint density at radius 3 is 3.00 bits per heavy atom. The number of aryl methyl sites for hydroxylation is 1. The molecule has 5 nitrogen and oxygen atoms in total. The average Bonchev–Trinajstić information content (AvgIpc) is 2.60. The van der Waals surface area contributed by atoms with E-state index in [4.69, 9.17) is 5.73 Å². The van der Waals surface area contributed by atoms with Crippen molar-refractivity contribution in [2.75, 3.05) is 5.73 Å². The second-order valence-electron chi connectivity index (χ2n) is 4.03. The summed E-state index contributed by atoms with van der Waals surface area (Å²) in [6.07, 6.45) is 8.63. The van der Waals surface area contributed by atoms with Gasteiger partial charge in [0.05, 0.1) is 11.9 Å². The SMILES string of the molecule is Cn1ncc(N)c1C(=O)NC1CC=CCC1. The van der Waals surface area contributed by atoms with E-state index < -0.39 is 0 Å². The molecule has 86 valence electrons. The summed E-state index contributed by atoms with van der Waals surface area (Å²) in [6.45, 7) is 0. The first kappa shape index (κ1) is 10.7. The van der Waals surface area contributed by atoms with E-state index in [1.807, 2.05) is 0 Å². The number of aromatic nitrogens is 2. The van der Waals surface area contributed by atoms with E-state index in [2.05, 4.69) is 22.6 Å². The lowest BCUT2D eigenvalue weighted by atomic mass is 10.0. The van der Waals surface area contributed by atoms with Crippen molar-refractivity contribution in [2.45, 2.75) is 25.3 Å². The van der Waals surface area contributed by atoms with Gasteiger partial charge in [-0.05, 0) is 19.3 Å². The summed E-state index contributed by atoms with van der Waals surface area (Å²) in [5, 5.41) is 6.92. The molecule has 0 aliphatic heterocycles. The summed E-state index contributed by atoms with van der Waals surface area (Å²) < 4.78 is 1.50. The summed E-state index contributed by atoms with van der Waals surface area (Å²) >= 11 is 0. The van der Waals surface area contributed by atoms with Gasteiger partial charge in [-0.15, -0.1) is 0 Å². The maximum absolute atomic E-state index is 11.9. The molecule has 1 atom stereocenters. The molecule has 0 saturated heterocycles. The van der Waals surface area contributed by atoms with Crippen molar-refractivity contribution in [1.29, 1.82) is 0 Å². The highest BCUT2D eigenvalue weighted by molar-refractivity contribution is 5.97. The predicted molar refractivity (Wildman–Crippen MR) is 61.9 cm³/mol. The van der Waals surface area contributed by atoms with Crippen LogP contribution in [0.1, 0.15) is 29.8 Å². The van der Waals surface area contributed by atoms with Gasteiger partial charge < -0.3 is 11.1 Å². The first-order valence-corrected chi connectivity index (χ1v) is 5.42. The number of anilines is 1. The monoisotopic (exact) mass is 220 g/mol. The molecule has 0 fully saturated rings.